The first-order chi connectivity index (χ1) is 11.5. The number of hydrogen-bond acceptors (Lipinski definition) is 3. The van der Waals surface area contributed by atoms with Crippen LogP contribution in [0, 0.1) is 22.2 Å². The zero-order valence-corrected chi connectivity index (χ0v) is 14.2. The average Bonchev–Trinajstić information content (AvgIpc) is 3.24. The Kier molecular flexibility index (Phi) is 2.94. The Morgan fingerprint density at radius 3 is 2.67 bits per heavy atom. The molecule has 0 aromatic heterocycles. The lowest BCUT2D eigenvalue weighted by atomic mass is 9.55. The van der Waals surface area contributed by atoms with E-state index in [-0.39, 0.29) is 17.1 Å². The standard InChI is InChI=1S/C20H22N2O2/c1-3-22-10-9-19-13-18(19,2)16(23)14(12-21)11-20(19,17(22)24)15-7-5-4-6-8-15/h4-8,23H,3,9-11,13H2,1-2H3/t18-,19-,20?/m0/s1. The Morgan fingerprint density at radius 2 is 2.04 bits per heavy atom. The second-order valence-corrected chi connectivity index (χ2v) is 7.61. The van der Waals surface area contributed by atoms with Gasteiger partial charge in [-0.15, -0.1) is 0 Å². The number of likely N-dealkylation sites (N-methyl/N-ethyl adjacent to an activating group) is 1. The van der Waals surface area contributed by atoms with Crippen molar-refractivity contribution in [2.45, 2.75) is 38.5 Å². The highest BCUT2D eigenvalue weighted by Gasteiger charge is 2.81. The SMILES string of the molecule is CCN1CC[C@]23C[C@@]2(C)C(O)=C(C#N)CC3(c2ccccc2)C1=O. The Bertz CT molecular complexity index is 794. The van der Waals surface area contributed by atoms with E-state index in [4.69, 9.17) is 0 Å². The molecule has 1 amide bonds. The first-order valence-corrected chi connectivity index (χ1v) is 8.64. The summed E-state index contributed by atoms with van der Waals surface area (Å²) in [5.74, 6) is 0.334. The van der Waals surface area contributed by atoms with E-state index in [1.165, 1.54) is 0 Å². The van der Waals surface area contributed by atoms with Crippen LogP contribution in [0.15, 0.2) is 41.7 Å². The predicted molar refractivity (Wildman–Crippen MR) is 90.0 cm³/mol. The molecule has 2 fully saturated rings. The van der Waals surface area contributed by atoms with Crippen LogP contribution in [-0.2, 0) is 10.2 Å². The molecule has 1 aromatic rings. The first kappa shape index (κ1) is 15.3. The van der Waals surface area contributed by atoms with Crippen molar-refractivity contribution < 1.29 is 9.90 Å². The summed E-state index contributed by atoms with van der Waals surface area (Å²) in [5.41, 5.74) is -0.0944. The number of likely N-dealkylation sites (tertiary alicyclic amines) is 1. The van der Waals surface area contributed by atoms with Gasteiger partial charge in [0.15, 0.2) is 0 Å². The van der Waals surface area contributed by atoms with Gasteiger partial charge in [-0.3, -0.25) is 4.79 Å². The third-order valence-electron chi connectivity index (χ3n) is 6.90. The van der Waals surface area contributed by atoms with Crippen LogP contribution in [0.5, 0.6) is 0 Å². The number of nitriles is 1. The summed E-state index contributed by atoms with van der Waals surface area (Å²) in [6.07, 6.45) is 1.96. The van der Waals surface area contributed by atoms with E-state index in [1.807, 2.05) is 49.1 Å². The molecule has 1 aliphatic heterocycles. The van der Waals surface area contributed by atoms with E-state index in [9.17, 15) is 15.2 Å². The maximum Gasteiger partial charge on any atom is 0.234 e. The third kappa shape index (κ3) is 1.46. The van der Waals surface area contributed by atoms with E-state index in [0.717, 1.165) is 24.9 Å². The van der Waals surface area contributed by atoms with Gasteiger partial charge in [-0.05, 0) is 25.3 Å². The van der Waals surface area contributed by atoms with Gasteiger partial charge in [0, 0.05) is 30.3 Å². The van der Waals surface area contributed by atoms with Gasteiger partial charge >= 0.3 is 0 Å². The Morgan fingerprint density at radius 1 is 1.33 bits per heavy atom. The minimum atomic E-state index is -0.728. The molecule has 1 heterocycles. The second-order valence-electron chi connectivity index (χ2n) is 7.61. The molecular weight excluding hydrogens is 300 g/mol. The van der Waals surface area contributed by atoms with Crippen molar-refractivity contribution in [3.63, 3.8) is 0 Å². The monoisotopic (exact) mass is 322 g/mol. The van der Waals surface area contributed by atoms with Gasteiger partial charge in [0.1, 0.15) is 5.76 Å². The molecule has 4 heteroatoms. The van der Waals surface area contributed by atoms with Crippen LogP contribution in [0.3, 0.4) is 0 Å². The van der Waals surface area contributed by atoms with Crippen molar-refractivity contribution in [3.05, 3.63) is 47.2 Å². The molecule has 0 radical (unpaired) electrons. The minimum Gasteiger partial charge on any atom is -0.511 e. The van der Waals surface area contributed by atoms with Crippen LogP contribution in [0.4, 0.5) is 0 Å². The van der Waals surface area contributed by atoms with Crippen LogP contribution in [0.1, 0.15) is 38.7 Å². The number of aliphatic hydroxyl groups is 1. The van der Waals surface area contributed by atoms with Crippen LogP contribution in [0.25, 0.3) is 0 Å². The smallest absolute Gasteiger partial charge is 0.234 e. The number of carbonyl (C=O) groups is 1. The highest BCUT2D eigenvalue weighted by atomic mass is 16.3. The van der Waals surface area contributed by atoms with Crippen LogP contribution in [0.2, 0.25) is 0 Å². The molecule has 1 spiro atoms. The molecule has 3 atom stereocenters. The summed E-state index contributed by atoms with van der Waals surface area (Å²) in [5, 5.41) is 20.3. The molecule has 24 heavy (non-hydrogen) atoms. The zero-order valence-electron chi connectivity index (χ0n) is 14.2. The molecule has 0 bridgehead atoms. The zero-order chi connectivity index (χ0) is 17.2. The normalized spacial score (nSPS) is 37.5. The van der Waals surface area contributed by atoms with Gasteiger partial charge in [0.05, 0.1) is 17.1 Å². The van der Waals surface area contributed by atoms with Crippen molar-refractivity contribution >= 4 is 5.91 Å². The first-order valence-electron chi connectivity index (χ1n) is 8.64. The highest BCUT2D eigenvalue weighted by molar-refractivity contribution is 5.93. The van der Waals surface area contributed by atoms with Gasteiger partial charge in [-0.25, -0.2) is 0 Å². The molecule has 1 saturated heterocycles. The van der Waals surface area contributed by atoms with Gasteiger partial charge in [0.2, 0.25) is 5.91 Å². The number of rotatable bonds is 2. The summed E-state index contributed by atoms with van der Waals surface area (Å²) >= 11 is 0. The molecule has 4 nitrogen and oxygen atoms in total. The molecule has 3 aliphatic rings. The molecular formula is C20H22N2O2. The van der Waals surface area contributed by atoms with Crippen LogP contribution in [-0.4, -0.2) is 29.0 Å². The lowest BCUT2D eigenvalue weighted by Crippen LogP contribution is -2.60. The third-order valence-corrected chi connectivity index (χ3v) is 6.90. The van der Waals surface area contributed by atoms with Gasteiger partial charge in [-0.1, -0.05) is 37.3 Å². The van der Waals surface area contributed by atoms with Crippen LogP contribution < -0.4 is 0 Å². The number of allylic oxidation sites excluding steroid dienone is 2. The van der Waals surface area contributed by atoms with Crippen molar-refractivity contribution in [2.24, 2.45) is 10.8 Å². The molecule has 2 aliphatic carbocycles. The number of aliphatic hydroxyl groups excluding tert-OH is 1. The molecule has 124 valence electrons. The number of piperidine rings is 1. The molecule has 4 rings (SSSR count). The summed E-state index contributed by atoms with van der Waals surface area (Å²) in [6.45, 7) is 5.43. The Balaban J connectivity index is 2.00. The average molecular weight is 322 g/mol. The molecule has 1 aromatic carbocycles. The fraction of sp³-hybridized carbons (Fsp3) is 0.500. The number of nitrogens with zero attached hydrogens (tertiary/aromatic N) is 2. The van der Waals surface area contributed by atoms with E-state index >= 15 is 0 Å². The molecule has 1 unspecified atom stereocenters. The fourth-order valence-electron chi connectivity index (χ4n) is 5.52. The van der Waals surface area contributed by atoms with Gasteiger partial charge in [-0.2, -0.15) is 5.26 Å². The number of hydrogen-bond donors (Lipinski definition) is 1. The van der Waals surface area contributed by atoms with E-state index in [2.05, 4.69) is 6.07 Å². The topological polar surface area (TPSA) is 64.3 Å². The maximum absolute atomic E-state index is 13.6. The summed E-state index contributed by atoms with van der Waals surface area (Å²) in [4.78, 5) is 15.5. The quantitative estimate of drug-likeness (QED) is 0.908. The lowest BCUT2D eigenvalue weighted by Gasteiger charge is -2.52. The fourth-order valence-corrected chi connectivity index (χ4v) is 5.52. The van der Waals surface area contributed by atoms with Crippen molar-refractivity contribution in [2.75, 3.05) is 13.1 Å². The number of carbonyl (C=O) groups excluding carboxylic acids is 1. The predicted octanol–water partition coefficient (Wildman–Crippen LogP) is 3.31. The number of amides is 1. The molecule has 1 saturated carbocycles. The summed E-state index contributed by atoms with van der Waals surface area (Å²) in [7, 11) is 0. The van der Waals surface area contributed by atoms with E-state index in [1.54, 1.807) is 0 Å². The Hall–Kier alpha value is -2.28. The van der Waals surface area contributed by atoms with E-state index < -0.39 is 10.8 Å². The summed E-state index contributed by atoms with van der Waals surface area (Å²) in [6, 6.07) is 12.1. The largest absolute Gasteiger partial charge is 0.511 e. The highest BCUT2D eigenvalue weighted by Crippen LogP contribution is 2.81. The van der Waals surface area contributed by atoms with E-state index in [0.29, 0.717) is 18.5 Å². The van der Waals surface area contributed by atoms with Crippen molar-refractivity contribution in [1.82, 2.24) is 4.90 Å². The number of benzene rings is 1. The second kappa shape index (κ2) is 4.63. The Labute approximate surface area is 142 Å². The van der Waals surface area contributed by atoms with Crippen molar-refractivity contribution in [3.8, 4) is 6.07 Å². The maximum atomic E-state index is 13.6. The van der Waals surface area contributed by atoms with Crippen molar-refractivity contribution in [1.29, 1.82) is 5.26 Å². The van der Waals surface area contributed by atoms with Gasteiger partial charge in [0.25, 0.3) is 0 Å². The molecule has 1 N–H and O–H groups in total. The lowest BCUT2D eigenvalue weighted by molar-refractivity contribution is -0.147. The summed E-state index contributed by atoms with van der Waals surface area (Å²) < 4.78 is 0. The van der Waals surface area contributed by atoms with Crippen LogP contribution >= 0.6 is 0 Å². The minimum absolute atomic E-state index is 0.117. The van der Waals surface area contributed by atoms with Gasteiger partial charge < -0.3 is 10.0 Å².